The summed E-state index contributed by atoms with van der Waals surface area (Å²) in [6.45, 7) is 0.741. The van der Waals surface area contributed by atoms with Crippen molar-refractivity contribution >= 4 is 29.0 Å². The lowest BCUT2D eigenvalue weighted by Crippen LogP contribution is -2.17. The Labute approximate surface area is 110 Å². The second kappa shape index (κ2) is 5.34. The van der Waals surface area contributed by atoms with Crippen LogP contribution in [0.2, 0.25) is 10.3 Å². The molecule has 1 aromatic carbocycles. The van der Waals surface area contributed by atoms with Crippen LogP contribution in [0.4, 0.5) is 5.82 Å². The van der Waals surface area contributed by atoms with Crippen LogP contribution in [-0.2, 0) is 6.54 Å². The molecule has 0 bridgehead atoms. The molecule has 5 heteroatoms. The van der Waals surface area contributed by atoms with Crippen LogP contribution in [0, 0.1) is 0 Å². The van der Waals surface area contributed by atoms with Crippen molar-refractivity contribution in [3.8, 4) is 0 Å². The largest absolute Gasteiger partial charge is 0.355 e. The molecule has 0 aliphatic carbocycles. The summed E-state index contributed by atoms with van der Waals surface area (Å²) in [4.78, 5) is 9.99. The number of rotatable bonds is 3. The number of hydrogen-bond donors (Lipinski definition) is 0. The summed E-state index contributed by atoms with van der Waals surface area (Å²) in [5.74, 6) is 0.792. The number of anilines is 1. The number of aromatic nitrogens is 2. The molecule has 88 valence electrons. The minimum Gasteiger partial charge on any atom is -0.355 e. The van der Waals surface area contributed by atoms with Gasteiger partial charge in [-0.3, -0.25) is 0 Å². The zero-order valence-electron chi connectivity index (χ0n) is 9.27. The van der Waals surface area contributed by atoms with E-state index in [0.717, 1.165) is 22.9 Å². The van der Waals surface area contributed by atoms with Crippen LogP contribution in [0.15, 0.2) is 36.5 Å². The van der Waals surface area contributed by atoms with Crippen LogP contribution < -0.4 is 4.90 Å². The summed E-state index contributed by atoms with van der Waals surface area (Å²) in [6, 6.07) is 9.54. The first-order valence-electron chi connectivity index (χ1n) is 5.09. The Hall–Kier alpha value is -1.32. The molecular weight excluding hydrogens is 257 g/mol. The first-order valence-corrected chi connectivity index (χ1v) is 5.85. The third-order valence-electron chi connectivity index (χ3n) is 2.34. The van der Waals surface area contributed by atoms with Crippen LogP contribution in [0.1, 0.15) is 5.56 Å². The summed E-state index contributed by atoms with van der Waals surface area (Å²) in [5.41, 5.74) is 1.16. The fourth-order valence-corrected chi connectivity index (χ4v) is 1.75. The van der Waals surface area contributed by atoms with Gasteiger partial charge in [-0.1, -0.05) is 23.7 Å². The minimum atomic E-state index is 0.255. The predicted octanol–water partition coefficient (Wildman–Crippen LogP) is 3.42. The highest BCUT2D eigenvalue weighted by atomic mass is 35.5. The Kier molecular flexibility index (Phi) is 3.82. The van der Waals surface area contributed by atoms with E-state index < -0.39 is 0 Å². The van der Waals surface area contributed by atoms with Gasteiger partial charge in [0.25, 0.3) is 0 Å². The summed E-state index contributed by atoms with van der Waals surface area (Å²) < 4.78 is 0. The van der Waals surface area contributed by atoms with Gasteiger partial charge in [0.2, 0.25) is 5.28 Å². The van der Waals surface area contributed by atoms with E-state index >= 15 is 0 Å². The van der Waals surface area contributed by atoms with Gasteiger partial charge in [-0.15, -0.1) is 0 Å². The maximum absolute atomic E-state index is 5.83. The van der Waals surface area contributed by atoms with Crippen LogP contribution >= 0.6 is 23.2 Å². The zero-order valence-corrected chi connectivity index (χ0v) is 10.8. The van der Waals surface area contributed by atoms with Gasteiger partial charge in [-0.25, -0.2) is 9.97 Å². The summed E-state index contributed by atoms with van der Waals surface area (Å²) >= 11 is 11.6. The third kappa shape index (κ3) is 3.32. The molecule has 0 spiro atoms. The van der Waals surface area contributed by atoms with E-state index in [1.807, 2.05) is 42.3 Å². The van der Waals surface area contributed by atoms with Crippen LogP contribution in [0.25, 0.3) is 0 Å². The van der Waals surface area contributed by atoms with E-state index in [1.54, 1.807) is 6.20 Å². The molecule has 1 aromatic heterocycles. The van der Waals surface area contributed by atoms with Gasteiger partial charge in [-0.05, 0) is 35.4 Å². The minimum absolute atomic E-state index is 0.255. The van der Waals surface area contributed by atoms with Crippen molar-refractivity contribution in [2.24, 2.45) is 0 Å². The third-order valence-corrected chi connectivity index (χ3v) is 2.77. The standard InChI is InChI=1S/C12H11Cl2N3/c1-17(11-6-7-15-12(14)16-11)8-9-2-4-10(13)5-3-9/h2-7H,8H2,1H3. The molecule has 3 nitrogen and oxygen atoms in total. The average molecular weight is 268 g/mol. The maximum Gasteiger partial charge on any atom is 0.224 e. The molecule has 0 saturated heterocycles. The number of nitrogens with zero attached hydrogens (tertiary/aromatic N) is 3. The van der Waals surface area contributed by atoms with Gasteiger partial charge in [0, 0.05) is 24.8 Å². The Morgan fingerprint density at radius 2 is 1.82 bits per heavy atom. The van der Waals surface area contributed by atoms with Crippen LogP contribution in [-0.4, -0.2) is 17.0 Å². The van der Waals surface area contributed by atoms with Crippen molar-refractivity contribution in [1.29, 1.82) is 0 Å². The van der Waals surface area contributed by atoms with E-state index in [2.05, 4.69) is 9.97 Å². The summed E-state index contributed by atoms with van der Waals surface area (Å²) in [6.07, 6.45) is 1.64. The zero-order chi connectivity index (χ0) is 12.3. The van der Waals surface area contributed by atoms with Crippen molar-refractivity contribution < 1.29 is 0 Å². The second-order valence-electron chi connectivity index (χ2n) is 3.67. The van der Waals surface area contributed by atoms with Crippen LogP contribution in [0.3, 0.4) is 0 Å². The molecule has 0 saturated carbocycles. The van der Waals surface area contributed by atoms with Gasteiger partial charge < -0.3 is 4.90 Å². The van der Waals surface area contributed by atoms with E-state index in [9.17, 15) is 0 Å². The Morgan fingerprint density at radius 1 is 1.12 bits per heavy atom. The van der Waals surface area contributed by atoms with Gasteiger partial charge >= 0.3 is 0 Å². The second-order valence-corrected chi connectivity index (χ2v) is 4.44. The lowest BCUT2D eigenvalue weighted by atomic mass is 10.2. The average Bonchev–Trinajstić information content (AvgIpc) is 2.32. The van der Waals surface area contributed by atoms with E-state index in [4.69, 9.17) is 23.2 Å². The number of halogens is 2. The predicted molar refractivity (Wildman–Crippen MR) is 70.6 cm³/mol. The van der Waals surface area contributed by atoms with Gasteiger partial charge in [0.05, 0.1) is 0 Å². The van der Waals surface area contributed by atoms with Gasteiger partial charge in [0.1, 0.15) is 5.82 Å². The normalized spacial score (nSPS) is 10.3. The summed E-state index contributed by atoms with van der Waals surface area (Å²) in [7, 11) is 1.95. The number of benzene rings is 1. The molecule has 2 rings (SSSR count). The Balaban J connectivity index is 2.11. The molecule has 0 aliphatic heterocycles. The lowest BCUT2D eigenvalue weighted by molar-refractivity contribution is 0.891. The molecule has 0 fully saturated rings. The van der Waals surface area contributed by atoms with Crippen molar-refractivity contribution in [2.45, 2.75) is 6.54 Å². The lowest BCUT2D eigenvalue weighted by Gasteiger charge is -2.17. The molecule has 2 aromatic rings. The SMILES string of the molecule is CN(Cc1ccc(Cl)cc1)c1ccnc(Cl)n1. The smallest absolute Gasteiger partial charge is 0.224 e. The van der Waals surface area contributed by atoms with E-state index in [1.165, 1.54) is 0 Å². The highest BCUT2D eigenvalue weighted by molar-refractivity contribution is 6.30. The summed E-state index contributed by atoms with van der Waals surface area (Å²) in [5, 5.41) is 0.993. The molecule has 0 atom stereocenters. The van der Waals surface area contributed by atoms with Crippen molar-refractivity contribution in [1.82, 2.24) is 9.97 Å². The first kappa shape index (κ1) is 12.1. The quantitative estimate of drug-likeness (QED) is 0.799. The van der Waals surface area contributed by atoms with E-state index in [-0.39, 0.29) is 5.28 Å². The monoisotopic (exact) mass is 267 g/mol. The fourth-order valence-electron chi connectivity index (χ4n) is 1.48. The molecule has 0 N–H and O–H groups in total. The molecule has 0 aliphatic rings. The first-order chi connectivity index (χ1) is 8.15. The van der Waals surface area contributed by atoms with Gasteiger partial charge in [0.15, 0.2) is 0 Å². The topological polar surface area (TPSA) is 29.0 Å². The van der Waals surface area contributed by atoms with Crippen molar-refractivity contribution in [3.05, 3.63) is 52.4 Å². The van der Waals surface area contributed by atoms with E-state index in [0.29, 0.717) is 0 Å². The molecule has 1 heterocycles. The molecule has 17 heavy (non-hydrogen) atoms. The molecule has 0 amide bonds. The Bertz CT molecular complexity index is 499. The molecule has 0 radical (unpaired) electrons. The van der Waals surface area contributed by atoms with Crippen molar-refractivity contribution in [2.75, 3.05) is 11.9 Å². The van der Waals surface area contributed by atoms with Crippen molar-refractivity contribution in [3.63, 3.8) is 0 Å². The van der Waals surface area contributed by atoms with Gasteiger partial charge in [-0.2, -0.15) is 0 Å². The highest BCUT2D eigenvalue weighted by Gasteiger charge is 2.04. The molecule has 0 unspecified atom stereocenters. The van der Waals surface area contributed by atoms with Crippen LogP contribution in [0.5, 0.6) is 0 Å². The highest BCUT2D eigenvalue weighted by Crippen LogP contribution is 2.15. The Morgan fingerprint density at radius 3 is 2.47 bits per heavy atom. The molecular formula is C12H11Cl2N3. The maximum atomic E-state index is 5.83. The number of hydrogen-bond acceptors (Lipinski definition) is 3. The fraction of sp³-hybridized carbons (Fsp3) is 0.167.